The predicted octanol–water partition coefficient (Wildman–Crippen LogP) is 11.4. The highest BCUT2D eigenvalue weighted by atomic mass is 28.4. The molecule has 0 aromatic heterocycles. The SMILES string of the molecule is CCCCC[C@@H](C=C[C@@H]1[C@@H](CC=CCCCCO)[C@@H](O[Si](Cc2ccccc2)(Cc2ccccc2)Cc2ccccc2)C[C@H]1OC1CCCCO1)OC1CCCCO1. The van der Waals surface area contributed by atoms with Crippen LogP contribution in [0.4, 0.5) is 0 Å². The summed E-state index contributed by atoms with van der Waals surface area (Å²) < 4.78 is 34.2. The average Bonchev–Trinajstić information content (AvgIpc) is 3.56. The highest BCUT2D eigenvalue weighted by Gasteiger charge is 2.48. The van der Waals surface area contributed by atoms with Gasteiger partial charge in [-0.15, -0.1) is 0 Å². The molecule has 0 spiro atoms. The van der Waals surface area contributed by atoms with Gasteiger partial charge in [-0.1, -0.05) is 141 Å². The van der Waals surface area contributed by atoms with E-state index in [1.54, 1.807) is 0 Å². The van der Waals surface area contributed by atoms with E-state index in [-0.39, 0.29) is 49.3 Å². The zero-order valence-corrected chi connectivity index (χ0v) is 36.3. The van der Waals surface area contributed by atoms with Crippen LogP contribution in [0.25, 0.3) is 0 Å². The second kappa shape index (κ2) is 25.0. The molecule has 0 bridgehead atoms. The minimum atomic E-state index is -2.60. The molecule has 3 fully saturated rings. The van der Waals surface area contributed by atoms with Crippen molar-refractivity contribution in [2.45, 2.75) is 152 Å². The lowest BCUT2D eigenvalue weighted by molar-refractivity contribution is -0.193. The summed E-state index contributed by atoms with van der Waals surface area (Å²) in [5, 5.41) is 9.44. The van der Waals surface area contributed by atoms with Crippen molar-refractivity contribution in [2.24, 2.45) is 11.8 Å². The molecule has 2 unspecified atom stereocenters. The topological polar surface area (TPSA) is 66.4 Å². The van der Waals surface area contributed by atoms with E-state index in [2.05, 4.69) is 122 Å². The summed E-state index contributed by atoms with van der Waals surface area (Å²) in [7, 11) is -2.60. The quantitative estimate of drug-likeness (QED) is 0.0552. The van der Waals surface area contributed by atoms with Crippen molar-refractivity contribution in [1.82, 2.24) is 0 Å². The normalized spacial score (nSPS) is 24.8. The number of rotatable bonds is 24. The van der Waals surface area contributed by atoms with Gasteiger partial charge in [0.2, 0.25) is 8.32 Å². The van der Waals surface area contributed by atoms with Crippen molar-refractivity contribution in [3.63, 3.8) is 0 Å². The van der Waals surface area contributed by atoms with Crippen LogP contribution < -0.4 is 0 Å². The Morgan fingerprint density at radius 2 is 1.31 bits per heavy atom. The molecule has 7 heteroatoms. The van der Waals surface area contributed by atoms with E-state index in [0.29, 0.717) is 0 Å². The van der Waals surface area contributed by atoms with Gasteiger partial charge in [-0.25, -0.2) is 0 Å². The van der Waals surface area contributed by atoms with Gasteiger partial charge in [0.05, 0.1) is 18.3 Å². The second-order valence-electron chi connectivity index (χ2n) is 17.1. The maximum absolute atomic E-state index is 9.44. The van der Waals surface area contributed by atoms with E-state index in [1.165, 1.54) is 29.5 Å². The van der Waals surface area contributed by atoms with Crippen LogP contribution in [0, 0.1) is 11.8 Å². The van der Waals surface area contributed by atoms with E-state index in [1.807, 2.05) is 0 Å². The Morgan fingerprint density at radius 1 is 0.707 bits per heavy atom. The molecule has 1 N–H and O–H groups in total. The standard InChI is InChI=1S/C51H72O6Si/c1-2-3-10-29-45(55-50-31-18-21-36-53-50)33-34-47-46(30-17-5-4-6-20-35-52)49(38-48(47)56-51-32-19-22-37-54-51)57-58(39-42-23-11-7-12-24-42,40-43-25-13-8-14-26-43)41-44-27-15-9-16-28-44/h5,7-9,11-17,23-28,33-34,45-52H,2-4,6,10,18-22,29-32,35-41H2,1H3/t45-,46+,47+,48+,49-,50?,51?/m0/s1. The van der Waals surface area contributed by atoms with Crippen molar-refractivity contribution in [1.29, 1.82) is 0 Å². The summed E-state index contributed by atoms with van der Waals surface area (Å²) >= 11 is 0. The Kier molecular flexibility index (Phi) is 19.3. The molecule has 1 aliphatic carbocycles. The molecule has 0 radical (unpaired) electrons. The molecule has 2 saturated heterocycles. The minimum absolute atomic E-state index is 0.00131. The van der Waals surface area contributed by atoms with Crippen LogP contribution in [0.15, 0.2) is 115 Å². The van der Waals surface area contributed by atoms with Gasteiger partial charge >= 0.3 is 0 Å². The molecule has 3 aromatic rings. The van der Waals surface area contributed by atoms with Gasteiger partial charge in [-0.2, -0.15) is 0 Å². The van der Waals surface area contributed by atoms with E-state index in [4.69, 9.17) is 23.4 Å². The average molecular weight is 809 g/mol. The Balaban J connectivity index is 1.37. The molecule has 316 valence electrons. The molecule has 3 aromatic carbocycles. The fraction of sp³-hybridized carbons (Fsp3) is 0.569. The highest BCUT2D eigenvalue weighted by Crippen LogP contribution is 2.43. The van der Waals surface area contributed by atoms with Crippen LogP contribution in [0.2, 0.25) is 0 Å². The lowest BCUT2D eigenvalue weighted by Crippen LogP contribution is -2.50. The van der Waals surface area contributed by atoms with Crippen LogP contribution >= 0.6 is 0 Å². The van der Waals surface area contributed by atoms with E-state index >= 15 is 0 Å². The Morgan fingerprint density at radius 3 is 1.86 bits per heavy atom. The molecule has 3 aliphatic rings. The fourth-order valence-electron chi connectivity index (χ4n) is 9.31. The maximum Gasteiger partial charge on any atom is 0.206 e. The number of hydrogen-bond acceptors (Lipinski definition) is 6. The van der Waals surface area contributed by atoms with Crippen LogP contribution in [-0.4, -0.2) is 64.1 Å². The molecule has 58 heavy (non-hydrogen) atoms. The van der Waals surface area contributed by atoms with Crippen LogP contribution in [0.3, 0.4) is 0 Å². The third-order valence-electron chi connectivity index (χ3n) is 12.3. The number of unbranched alkanes of at least 4 members (excludes halogenated alkanes) is 4. The summed E-state index contributed by atoms with van der Waals surface area (Å²) in [5.74, 6) is 0.356. The Labute approximate surface area is 351 Å². The van der Waals surface area contributed by atoms with Crippen LogP contribution in [-0.2, 0) is 41.5 Å². The molecule has 7 atom stereocenters. The van der Waals surface area contributed by atoms with Crippen LogP contribution in [0.5, 0.6) is 0 Å². The first-order valence-corrected chi connectivity index (χ1v) is 25.4. The summed E-state index contributed by atoms with van der Waals surface area (Å²) in [4.78, 5) is 0. The van der Waals surface area contributed by atoms with Crippen LogP contribution in [0.1, 0.15) is 120 Å². The third-order valence-corrected chi connectivity index (χ3v) is 16.3. The van der Waals surface area contributed by atoms with Crippen molar-refractivity contribution >= 4 is 8.32 Å². The molecule has 1 saturated carbocycles. The van der Waals surface area contributed by atoms with Gasteiger partial charge in [0.25, 0.3) is 0 Å². The van der Waals surface area contributed by atoms with E-state index in [9.17, 15) is 5.11 Å². The largest absolute Gasteiger partial charge is 0.413 e. The van der Waals surface area contributed by atoms with Crippen molar-refractivity contribution in [3.8, 4) is 0 Å². The van der Waals surface area contributed by atoms with Gasteiger partial charge in [0.15, 0.2) is 12.6 Å². The van der Waals surface area contributed by atoms with Crippen molar-refractivity contribution < 1.29 is 28.5 Å². The zero-order valence-electron chi connectivity index (χ0n) is 35.3. The first-order valence-electron chi connectivity index (χ1n) is 22.9. The number of ether oxygens (including phenoxy) is 4. The lowest BCUT2D eigenvalue weighted by atomic mass is 9.89. The molecule has 6 nitrogen and oxygen atoms in total. The summed E-state index contributed by atoms with van der Waals surface area (Å²) in [6.45, 7) is 4.05. The first kappa shape index (κ1) is 44.7. The molecular weight excluding hydrogens is 737 g/mol. The first-order chi connectivity index (χ1) is 28.6. The predicted molar refractivity (Wildman–Crippen MR) is 238 cm³/mol. The van der Waals surface area contributed by atoms with Gasteiger partial charge < -0.3 is 28.5 Å². The summed E-state index contributed by atoms with van der Waals surface area (Å²) in [6, 6.07) is 35.9. The number of aliphatic hydroxyl groups is 1. The van der Waals surface area contributed by atoms with Gasteiger partial charge in [0, 0.05) is 25.7 Å². The number of aliphatic hydroxyl groups excluding tert-OH is 1. The number of allylic oxidation sites excluding steroid dienone is 2. The fourth-order valence-corrected chi connectivity index (χ4v) is 13.8. The smallest absolute Gasteiger partial charge is 0.206 e. The lowest BCUT2D eigenvalue weighted by Gasteiger charge is -2.37. The second-order valence-corrected chi connectivity index (χ2v) is 20.7. The third kappa shape index (κ3) is 14.7. The van der Waals surface area contributed by atoms with Crippen molar-refractivity contribution in [2.75, 3.05) is 19.8 Å². The minimum Gasteiger partial charge on any atom is -0.413 e. The molecule has 2 heterocycles. The summed E-state index contributed by atoms with van der Waals surface area (Å²) in [5.41, 5.74) is 4.03. The number of benzene rings is 3. The molecule has 6 rings (SSSR count). The Bertz CT molecular complexity index is 1470. The highest BCUT2D eigenvalue weighted by molar-refractivity contribution is 6.72. The van der Waals surface area contributed by atoms with Gasteiger partial charge in [-0.3, -0.25) is 0 Å². The molecule has 0 amide bonds. The number of hydrogen-bond donors (Lipinski definition) is 1. The Hall–Kier alpha value is -2.88. The monoisotopic (exact) mass is 809 g/mol. The van der Waals surface area contributed by atoms with E-state index < -0.39 is 8.32 Å². The van der Waals surface area contributed by atoms with Gasteiger partial charge in [0.1, 0.15) is 0 Å². The molecule has 2 aliphatic heterocycles. The van der Waals surface area contributed by atoms with Gasteiger partial charge in [-0.05, 0) is 118 Å². The zero-order chi connectivity index (χ0) is 40.1. The maximum atomic E-state index is 9.44. The van der Waals surface area contributed by atoms with Crippen molar-refractivity contribution in [3.05, 3.63) is 132 Å². The van der Waals surface area contributed by atoms with E-state index in [0.717, 1.165) is 115 Å². The summed E-state index contributed by atoms with van der Waals surface area (Å²) in [6.07, 6.45) is 24.6. The molecular formula is C51H72O6Si.